The number of nitrogens with one attached hydrogen (secondary N) is 1. The average molecular weight is 290 g/mol. The normalized spacial score (nSPS) is 22.7. The number of hydrogen-bond donors (Lipinski definition) is 3. The minimum atomic E-state index is -0.978. The van der Waals surface area contributed by atoms with Crippen LogP contribution in [0.2, 0.25) is 0 Å². The van der Waals surface area contributed by atoms with E-state index in [1.54, 1.807) is 19.2 Å². The number of aromatic carboxylic acids is 1. The second-order valence-corrected chi connectivity index (χ2v) is 5.24. The summed E-state index contributed by atoms with van der Waals surface area (Å²) in [6.07, 6.45) is 0.757. The molecule has 0 unspecified atom stereocenters. The van der Waals surface area contributed by atoms with E-state index in [4.69, 9.17) is 10.5 Å². The van der Waals surface area contributed by atoms with E-state index in [9.17, 15) is 9.90 Å². The molecule has 3 rings (SSSR count). The summed E-state index contributed by atoms with van der Waals surface area (Å²) in [6.45, 7) is 1.41. The third-order valence-corrected chi connectivity index (χ3v) is 3.94. The number of piperidine rings is 1. The number of H-pyrrole nitrogens is 1. The number of fused-ring (bicyclic) bond motifs is 1. The summed E-state index contributed by atoms with van der Waals surface area (Å²) in [5, 5.41) is 9.21. The highest BCUT2D eigenvalue weighted by molar-refractivity contribution is 6.01. The van der Waals surface area contributed by atoms with Crippen molar-refractivity contribution in [1.82, 2.24) is 9.97 Å². The molecular weight excluding hydrogens is 272 g/mol. The van der Waals surface area contributed by atoms with Crippen LogP contribution in [-0.4, -0.2) is 53.4 Å². The van der Waals surface area contributed by atoms with Gasteiger partial charge in [-0.15, -0.1) is 0 Å². The summed E-state index contributed by atoms with van der Waals surface area (Å²) in [4.78, 5) is 20.9. The molecule has 1 aromatic heterocycles. The molecule has 2 aromatic rings. The molecular formula is C14H18N4O3. The Balaban J connectivity index is 1.94. The number of nitrogens with two attached hydrogens (primary N) is 1. The molecule has 2 heterocycles. The van der Waals surface area contributed by atoms with E-state index < -0.39 is 5.97 Å². The van der Waals surface area contributed by atoms with E-state index in [2.05, 4.69) is 9.97 Å². The minimum absolute atomic E-state index is 0.0187. The number of para-hydroxylation sites is 1. The van der Waals surface area contributed by atoms with E-state index in [-0.39, 0.29) is 17.7 Å². The summed E-state index contributed by atoms with van der Waals surface area (Å²) in [5.41, 5.74) is 7.40. The van der Waals surface area contributed by atoms with Crippen LogP contribution < -0.4 is 10.6 Å². The van der Waals surface area contributed by atoms with Crippen molar-refractivity contribution in [1.29, 1.82) is 0 Å². The number of nitrogens with zero attached hydrogens (tertiary/aromatic N) is 2. The van der Waals surface area contributed by atoms with Gasteiger partial charge in [-0.2, -0.15) is 0 Å². The number of hydrogen-bond acceptors (Lipinski definition) is 5. The van der Waals surface area contributed by atoms with Crippen molar-refractivity contribution in [3.63, 3.8) is 0 Å². The molecule has 112 valence electrons. The number of carboxylic acids is 1. The molecule has 1 aromatic carbocycles. The number of aromatic nitrogens is 2. The second-order valence-electron chi connectivity index (χ2n) is 5.24. The first kappa shape index (κ1) is 13.8. The van der Waals surface area contributed by atoms with E-state index in [0.29, 0.717) is 23.5 Å². The molecule has 1 fully saturated rings. The molecule has 21 heavy (non-hydrogen) atoms. The maximum atomic E-state index is 11.2. The summed E-state index contributed by atoms with van der Waals surface area (Å²) in [7, 11) is 1.65. The van der Waals surface area contributed by atoms with Gasteiger partial charge in [0.1, 0.15) is 5.52 Å². The van der Waals surface area contributed by atoms with Crippen molar-refractivity contribution >= 4 is 23.0 Å². The molecule has 7 nitrogen and oxygen atoms in total. The van der Waals surface area contributed by atoms with Crippen LogP contribution in [0.25, 0.3) is 11.0 Å². The fraction of sp³-hybridized carbons (Fsp3) is 0.429. The highest BCUT2D eigenvalue weighted by Crippen LogP contribution is 2.23. The lowest BCUT2D eigenvalue weighted by atomic mass is 10.0. The molecule has 2 atom stereocenters. The Hall–Kier alpha value is -2.12. The van der Waals surface area contributed by atoms with Crippen molar-refractivity contribution in [3.8, 4) is 0 Å². The largest absolute Gasteiger partial charge is 0.478 e. The van der Waals surface area contributed by atoms with Crippen LogP contribution in [0.4, 0.5) is 5.95 Å². The molecule has 0 bridgehead atoms. The molecule has 1 aliphatic heterocycles. The van der Waals surface area contributed by atoms with Crippen LogP contribution >= 0.6 is 0 Å². The quantitative estimate of drug-likeness (QED) is 0.773. The Morgan fingerprint density at radius 3 is 3.10 bits per heavy atom. The topological polar surface area (TPSA) is 104 Å². The molecule has 0 radical (unpaired) electrons. The maximum absolute atomic E-state index is 11.2. The summed E-state index contributed by atoms with van der Waals surface area (Å²) >= 11 is 0. The molecule has 1 saturated heterocycles. The van der Waals surface area contributed by atoms with Crippen molar-refractivity contribution in [2.24, 2.45) is 5.73 Å². The summed E-state index contributed by atoms with van der Waals surface area (Å²) in [6, 6.07) is 5.10. The molecule has 4 N–H and O–H groups in total. The van der Waals surface area contributed by atoms with Crippen molar-refractivity contribution in [2.75, 3.05) is 25.1 Å². The molecule has 1 aliphatic rings. The summed E-state index contributed by atoms with van der Waals surface area (Å²) in [5.74, 6) is -0.318. The van der Waals surface area contributed by atoms with Gasteiger partial charge in [-0.25, -0.2) is 9.78 Å². The zero-order valence-corrected chi connectivity index (χ0v) is 11.7. The lowest BCUT2D eigenvalue weighted by molar-refractivity contribution is 0.0698. The van der Waals surface area contributed by atoms with Crippen molar-refractivity contribution in [2.45, 2.75) is 18.6 Å². The van der Waals surface area contributed by atoms with E-state index in [1.807, 2.05) is 11.0 Å². The third kappa shape index (κ3) is 2.45. The predicted molar refractivity (Wildman–Crippen MR) is 78.7 cm³/mol. The first-order valence-electron chi connectivity index (χ1n) is 6.85. The van der Waals surface area contributed by atoms with Crippen LogP contribution in [0.5, 0.6) is 0 Å². The van der Waals surface area contributed by atoms with Crippen LogP contribution in [-0.2, 0) is 4.74 Å². The van der Waals surface area contributed by atoms with Crippen molar-refractivity contribution < 1.29 is 14.6 Å². The van der Waals surface area contributed by atoms with E-state index in [0.717, 1.165) is 13.0 Å². The van der Waals surface area contributed by atoms with Gasteiger partial charge in [-0.1, -0.05) is 6.07 Å². The fourth-order valence-corrected chi connectivity index (χ4v) is 2.72. The number of carboxylic acid groups (broad SMARTS) is 1. The van der Waals surface area contributed by atoms with E-state index in [1.165, 1.54) is 0 Å². The highest BCUT2D eigenvalue weighted by atomic mass is 16.5. The Morgan fingerprint density at radius 2 is 2.38 bits per heavy atom. The minimum Gasteiger partial charge on any atom is -0.478 e. The Bertz CT molecular complexity index is 669. The third-order valence-electron chi connectivity index (χ3n) is 3.94. The smallest absolute Gasteiger partial charge is 0.337 e. The van der Waals surface area contributed by atoms with E-state index >= 15 is 0 Å². The zero-order chi connectivity index (χ0) is 15.0. The predicted octanol–water partition coefficient (Wildman–Crippen LogP) is 0.813. The number of ether oxygens (including phenoxy) is 1. The highest BCUT2D eigenvalue weighted by Gasteiger charge is 2.28. The Labute approximate surface area is 121 Å². The van der Waals surface area contributed by atoms with Gasteiger partial charge < -0.3 is 25.5 Å². The number of methoxy groups -OCH3 is 1. The standard InChI is InChI=1S/C14H18N4O3/c1-21-11-7-18(6-5-9(11)15)14-16-10-4-2-3-8(13(19)20)12(10)17-14/h2-4,9,11H,5-7,15H2,1H3,(H,16,17)(H,19,20)/t9-,11+/m0/s1. The van der Waals surface area contributed by atoms with Gasteiger partial charge in [0.15, 0.2) is 0 Å². The van der Waals surface area contributed by atoms with Crippen molar-refractivity contribution in [3.05, 3.63) is 23.8 Å². The number of benzene rings is 1. The second kappa shape index (κ2) is 5.34. The van der Waals surface area contributed by atoms with Crippen LogP contribution in [0.1, 0.15) is 16.8 Å². The molecule has 0 spiro atoms. The number of imidazole rings is 1. The van der Waals surface area contributed by atoms with Gasteiger partial charge in [-0.3, -0.25) is 0 Å². The average Bonchev–Trinajstić information content (AvgIpc) is 2.91. The van der Waals surface area contributed by atoms with Crippen LogP contribution in [0.15, 0.2) is 18.2 Å². The molecule has 0 amide bonds. The number of rotatable bonds is 3. The maximum Gasteiger partial charge on any atom is 0.337 e. The van der Waals surface area contributed by atoms with Gasteiger partial charge in [0.25, 0.3) is 0 Å². The van der Waals surface area contributed by atoms with Gasteiger partial charge in [0, 0.05) is 26.2 Å². The molecule has 7 heteroatoms. The first-order valence-corrected chi connectivity index (χ1v) is 6.85. The lowest BCUT2D eigenvalue weighted by Crippen LogP contribution is -2.51. The first-order chi connectivity index (χ1) is 10.1. The summed E-state index contributed by atoms with van der Waals surface area (Å²) < 4.78 is 5.39. The van der Waals surface area contributed by atoms with Crippen LogP contribution in [0, 0.1) is 0 Å². The SMILES string of the molecule is CO[C@@H]1CN(c2nc3c(C(=O)O)cccc3[nH]2)CC[C@@H]1N. The zero-order valence-electron chi connectivity index (χ0n) is 11.7. The van der Waals surface area contributed by atoms with Crippen LogP contribution in [0.3, 0.4) is 0 Å². The number of carbonyl (C=O) groups is 1. The Kier molecular flexibility index (Phi) is 3.52. The number of aromatic amines is 1. The number of anilines is 1. The monoisotopic (exact) mass is 290 g/mol. The molecule has 0 aliphatic carbocycles. The fourth-order valence-electron chi connectivity index (χ4n) is 2.72. The Morgan fingerprint density at radius 1 is 1.57 bits per heavy atom. The van der Waals surface area contributed by atoms with Gasteiger partial charge in [0.2, 0.25) is 5.95 Å². The molecule has 0 saturated carbocycles. The van der Waals surface area contributed by atoms with Gasteiger partial charge >= 0.3 is 5.97 Å². The van der Waals surface area contributed by atoms with Gasteiger partial charge in [-0.05, 0) is 18.6 Å². The van der Waals surface area contributed by atoms with Gasteiger partial charge in [0.05, 0.1) is 17.2 Å². The lowest BCUT2D eigenvalue weighted by Gasteiger charge is -2.35.